The summed E-state index contributed by atoms with van der Waals surface area (Å²) in [6, 6.07) is 2.75. The molecule has 3 unspecified atom stereocenters. The van der Waals surface area contributed by atoms with Crippen molar-refractivity contribution in [2.45, 2.75) is 39.0 Å². The van der Waals surface area contributed by atoms with Gasteiger partial charge in [0.2, 0.25) is 0 Å². The Balaban J connectivity index is 2.70. The second kappa shape index (κ2) is 3.42. The van der Waals surface area contributed by atoms with Crippen LogP contribution in [0, 0.1) is 17.2 Å². The summed E-state index contributed by atoms with van der Waals surface area (Å²) in [7, 11) is 0. The third-order valence-electron chi connectivity index (χ3n) is 2.67. The van der Waals surface area contributed by atoms with Gasteiger partial charge in [0, 0.05) is 18.6 Å². The van der Waals surface area contributed by atoms with Crippen LogP contribution in [0.25, 0.3) is 0 Å². The number of aliphatic hydroxyl groups excluding tert-OH is 1. The van der Waals surface area contributed by atoms with Gasteiger partial charge in [-0.3, -0.25) is 4.90 Å². The molecule has 1 saturated heterocycles. The Bertz CT molecular complexity index is 197. The molecule has 12 heavy (non-hydrogen) atoms. The summed E-state index contributed by atoms with van der Waals surface area (Å²) in [5, 5.41) is 18.3. The summed E-state index contributed by atoms with van der Waals surface area (Å²) in [4.78, 5) is 2.17. The summed E-state index contributed by atoms with van der Waals surface area (Å²) >= 11 is 0. The fourth-order valence-corrected chi connectivity index (χ4v) is 1.90. The SMILES string of the molecule is CC(C)N1CC(O)C(C#N)C1C. The van der Waals surface area contributed by atoms with Gasteiger partial charge in [-0.05, 0) is 20.8 Å². The summed E-state index contributed by atoms with van der Waals surface area (Å²) in [5.74, 6) is -0.215. The first kappa shape index (κ1) is 9.50. The zero-order chi connectivity index (χ0) is 9.30. The largest absolute Gasteiger partial charge is 0.390 e. The van der Waals surface area contributed by atoms with E-state index in [1.54, 1.807) is 0 Å². The smallest absolute Gasteiger partial charge is 0.0887 e. The zero-order valence-electron chi connectivity index (χ0n) is 7.86. The number of rotatable bonds is 1. The molecule has 0 radical (unpaired) electrons. The molecule has 3 heteroatoms. The van der Waals surface area contributed by atoms with Crippen LogP contribution in [-0.4, -0.2) is 34.7 Å². The predicted molar refractivity (Wildman–Crippen MR) is 46.4 cm³/mol. The van der Waals surface area contributed by atoms with E-state index in [9.17, 15) is 5.11 Å². The highest BCUT2D eigenvalue weighted by atomic mass is 16.3. The van der Waals surface area contributed by atoms with Gasteiger partial charge < -0.3 is 5.11 Å². The zero-order valence-corrected chi connectivity index (χ0v) is 7.86. The molecule has 0 saturated carbocycles. The van der Waals surface area contributed by atoms with Gasteiger partial charge in [0.1, 0.15) is 0 Å². The summed E-state index contributed by atoms with van der Waals surface area (Å²) < 4.78 is 0. The van der Waals surface area contributed by atoms with E-state index in [1.807, 2.05) is 6.92 Å². The van der Waals surface area contributed by atoms with Crippen LogP contribution in [0.5, 0.6) is 0 Å². The van der Waals surface area contributed by atoms with Crippen LogP contribution in [0.4, 0.5) is 0 Å². The van der Waals surface area contributed by atoms with Crippen LogP contribution < -0.4 is 0 Å². The second-order valence-corrected chi connectivity index (χ2v) is 3.75. The van der Waals surface area contributed by atoms with Crippen molar-refractivity contribution in [2.24, 2.45) is 5.92 Å². The van der Waals surface area contributed by atoms with Crippen LogP contribution in [0.15, 0.2) is 0 Å². The lowest BCUT2D eigenvalue weighted by Gasteiger charge is -2.25. The number of hydrogen-bond acceptors (Lipinski definition) is 3. The number of likely N-dealkylation sites (tertiary alicyclic amines) is 1. The molecule has 1 aliphatic rings. The molecular weight excluding hydrogens is 152 g/mol. The number of β-amino-alcohol motifs (C(OH)–C–C–N with tert-alkyl or cyclic N) is 1. The van der Waals surface area contributed by atoms with Gasteiger partial charge in [0.05, 0.1) is 18.1 Å². The lowest BCUT2D eigenvalue weighted by Crippen LogP contribution is -2.35. The van der Waals surface area contributed by atoms with Crippen LogP contribution >= 0.6 is 0 Å². The Labute approximate surface area is 73.6 Å². The van der Waals surface area contributed by atoms with Gasteiger partial charge >= 0.3 is 0 Å². The first-order chi connectivity index (χ1) is 5.57. The van der Waals surface area contributed by atoms with E-state index in [1.165, 1.54) is 0 Å². The third kappa shape index (κ3) is 1.45. The molecule has 3 atom stereocenters. The maximum atomic E-state index is 9.51. The van der Waals surface area contributed by atoms with Crippen LogP contribution in [0.2, 0.25) is 0 Å². The molecule has 0 aromatic rings. The monoisotopic (exact) mass is 168 g/mol. The minimum absolute atomic E-state index is 0.185. The molecule has 1 fully saturated rings. The van der Waals surface area contributed by atoms with Gasteiger partial charge in [-0.25, -0.2) is 0 Å². The highest BCUT2D eigenvalue weighted by molar-refractivity contribution is 5.02. The molecule has 0 amide bonds. The average Bonchev–Trinajstić information content (AvgIpc) is 2.27. The second-order valence-electron chi connectivity index (χ2n) is 3.75. The maximum absolute atomic E-state index is 9.51. The Morgan fingerprint density at radius 3 is 2.42 bits per heavy atom. The Morgan fingerprint density at radius 1 is 1.58 bits per heavy atom. The fourth-order valence-electron chi connectivity index (χ4n) is 1.90. The quantitative estimate of drug-likeness (QED) is 0.623. The fraction of sp³-hybridized carbons (Fsp3) is 0.889. The highest BCUT2D eigenvalue weighted by Gasteiger charge is 2.39. The van der Waals surface area contributed by atoms with Gasteiger partial charge in [-0.15, -0.1) is 0 Å². The van der Waals surface area contributed by atoms with Crippen molar-refractivity contribution in [3.8, 4) is 6.07 Å². The van der Waals surface area contributed by atoms with Crippen LogP contribution in [-0.2, 0) is 0 Å². The van der Waals surface area contributed by atoms with Crippen molar-refractivity contribution < 1.29 is 5.11 Å². The predicted octanol–water partition coefficient (Wildman–Crippen LogP) is 0.600. The van der Waals surface area contributed by atoms with Crippen molar-refractivity contribution in [1.82, 2.24) is 4.90 Å². The molecule has 0 spiro atoms. The van der Waals surface area contributed by atoms with Crippen molar-refractivity contribution in [3.05, 3.63) is 0 Å². The standard InChI is InChI=1S/C9H16N2O/c1-6(2)11-5-9(12)8(4-10)7(11)3/h6-9,12H,5H2,1-3H3. The van der Waals surface area contributed by atoms with Crippen molar-refractivity contribution in [2.75, 3.05) is 6.54 Å². The Hall–Kier alpha value is -0.590. The van der Waals surface area contributed by atoms with E-state index in [0.717, 1.165) is 0 Å². The van der Waals surface area contributed by atoms with Crippen molar-refractivity contribution >= 4 is 0 Å². The van der Waals surface area contributed by atoms with Gasteiger partial charge in [0.15, 0.2) is 0 Å². The van der Waals surface area contributed by atoms with Crippen molar-refractivity contribution in [3.63, 3.8) is 0 Å². The Kier molecular flexibility index (Phi) is 2.71. The normalized spacial score (nSPS) is 37.2. The van der Waals surface area contributed by atoms with Crippen LogP contribution in [0.1, 0.15) is 20.8 Å². The van der Waals surface area contributed by atoms with Gasteiger partial charge in [0.25, 0.3) is 0 Å². The maximum Gasteiger partial charge on any atom is 0.0887 e. The molecular formula is C9H16N2O. The molecule has 68 valence electrons. The Morgan fingerprint density at radius 2 is 2.17 bits per heavy atom. The molecule has 0 bridgehead atoms. The van der Waals surface area contributed by atoms with Gasteiger partial charge in [-0.2, -0.15) is 5.26 Å². The molecule has 0 aromatic carbocycles. The summed E-state index contributed by atoms with van der Waals surface area (Å²) in [5.41, 5.74) is 0. The van der Waals surface area contributed by atoms with E-state index in [2.05, 4.69) is 24.8 Å². The molecule has 1 aliphatic heterocycles. The molecule has 0 aliphatic carbocycles. The van der Waals surface area contributed by atoms with E-state index in [4.69, 9.17) is 5.26 Å². The number of nitrogens with zero attached hydrogens (tertiary/aromatic N) is 2. The van der Waals surface area contributed by atoms with Crippen LogP contribution in [0.3, 0.4) is 0 Å². The lowest BCUT2D eigenvalue weighted by atomic mass is 10.0. The lowest BCUT2D eigenvalue weighted by molar-refractivity contribution is 0.152. The topological polar surface area (TPSA) is 47.3 Å². The first-order valence-corrected chi connectivity index (χ1v) is 4.41. The molecule has 1 heterocycles. The van der Waals surface area contributed by atoms with E-state index < -0.39 is 6.10 Å². The first-order valence-electron chi connectivity index (χ1n) is 4.41. The number of nitriles is 1. The summed E-state index contributed by atoms with van der Waals surface area (Å²) in [6.45, 7) is 6.81. The minimum atomic E-state index is -0.465. The number of aliphatic hydroxyl groups is 1. The molecule has 0 aromatic heterocycles. The molecule has 3 nitrogen and oxygen atoms in total. The van der Waals surface area contributed by atoms with Crippen molar-refractivity contribution in [1.29, 1.82) is 5.26 Å². The third-order valence-corrected chi connectivity index (χ3v) is 2.67. The molecule has 1 rings (SSSR count). The minimum Gasteiger partial charge on any atom is -0.390 e. The summed E-state index contributed by atoms with van der Waals surface area (Å²) in [6.07, 6.45) is -0.465. The molecule has 1 N–H and O–H groups in total. The van der Waals surface area contributed by atoms with E-state index in [0.29, 0.717) is 12.6 Å². The highest BCUT2D eigenvalue weighted by Crippen LogP contribution is 2.25. The van der Waals surface area contributed by atoms with Gasteiger partial charge in [-0.1, -0.05) is 0 Å². The number of hydrogen-bond donors (Lipinski definition) is 1. The van der Waals surface area contributed by atoms with E-state index >= 15 is 0 Å². The van der Waals surface area contributed by atoms with E-state index in [-0.39, 0.29) is 12.0 Å². The average molecular weight is 168 g/mol.